The molecule has 1 aromatic carbocycles. The maximum absolute atomic E-state index is 13.2. The molecule has 3 saturated carbocycles. The van der Waals surface area contributed by atoms with Gasteiger partial charge in [0.1, 0.15) is 17.1 Å². The van der Waals surface area contributed by atoms with Crippen LogP contribution in [0, 0.1) is 5.41 Å². The van der Waals surface area contributed by atoms with E-state index in [1.54, 1.807) is 47.1 Å². The van der Waals surface area contributed by atoms with Crippen molar-refractivity contribution in [2.75, 3.05) is 13.2 Å². The molecule has 0 unspecified atom stereocenters. The fraction of sp³-hybridized carbons (Fsp3) is 0.440. The zero-order valence-corrected chi connectivity index (χ0v) is 18.6. The van der Waals surface area contributed by atoms with Gasteiger partial charge in [-0.15, -0.1) is 0 Å². The molecule has 3 aliphatic rings. The molecule has 34 heavy (non-hydrogen) atoms. The maximum atomic E-state index is 13.2. The van der Waals surface area contributed by atoms with Crippen molar-refractivity contribution in [2.24, 2.45) is 5.41 Å². The second-order valence-corrected chi connectivity index (χ2v) is 9.57. The molecule has 6 nitrogen and oxygen atoms in total. The Bertz CT molecular complexity index is 1200. The van der Waals surface area contributed by atoms with Gasteiger partial charge in [-0.3, -0.25) is 4.79 Å². The summed E-state index contributed by atoms with van der Waals surface area (Å²) in [6, 6.07) is 9.98. The molecule has 3 aromatic rings. The number of aliphatic hydroxyl groups excluding tert-OH is 1. The molecule has 0 radical (unpaired) electrons. The minimum Gasteiger partial charge on any atom is -0.483 e. The molecule has 6 rings (SSSR count). The smallest absolute Gasteiger partial charge is 0.422 e. The number of carbonyl (C=O) groups excluding carboxylic acids is 1. The second-order valence-electron chi connectivity index (χ2n) is 9.57. The van der Waals surface area contributed by atoms with E-state index in [2.05, 4.69) is 10.3 Å². The van der Waals surface area contributed by atoms with Crippen LogP contribution in [0.4, 0.5) is 13.2 Å². The Labute approximate surface area is 194 Å². The van der Waals surface area contributed by atoms with Gasteiger partial charge in [0.15, 0.2) is 6.61 Å². The Morgan fingerprint density at radius 3 is 2.41 bits per heavy atom. The molecule has 180 valence electrons. The number of aliphatic hydroxyl groups is 1. The summed E-state index contributed by atoms with van der Waals surface area (Å²) in [5.74, 6) is -0.174. The molecule has 0 atom stereocenters. The van der Waals surface area contributed by atoms with Crippen molar-refractivity contribution >= 4 is 11.6 Å². The minimum absolute atomic E-state index is 0.00600. The van der Waals surface area contributed by atoms with Gasteiger partial charge in [-0.25, -0.2) is 4.98 Å². The van der Waals surface area contributed by atoms with Crippen LogP contribution in [0.25, 0.3) is 16.8 Å². The van der Waals surface area contributed by atoms with Crippen molar-refractivity contribution in [2.45, 2.75) is 50.2 Å². The minimum atomic E-state index is -4.45. The number of pyridine rings is 1. The second kappa shape index (κ2) is 8.30. The Balaban J connectivity index is 1.41. The highest BCUT2D eigenvalue weighted by Gasteiger charge is 2.49. The fourth-order valence-electron chi connectivity index (χ4n) is 5.30. The number of amides is 1. The van der Waals surface area contributed by atoms with E-state index in [0.717, 1.165) is 38.5 Å². The lowest BCUT2D eigenvalue weighted by molar-refractivity contribution is -0.153. The summed E-state index contributed by atoms with van der Waals surface area (Å²) in [7, 11) is 0. The lowest BCUT2D eigenvalue weighted by atomic mass is 9.57. The summed E-state index contributed by atoms with van der Waals surface area (Å²) in [6.07, 6.45) is 4.12. The number of halogens is 3. The first-order chi connectivity index (χ1) is 16.2. The van der Waals surface area contributed by atoms with Crippen LogP contribution in [0.3, 0.4) is 0 Å². The SMILES string of the molecule is O=C(NC12CCC(CO)(CC1)CC2)c1cn2cccc(-c3ccccc3OCC(F)(F)F)c2n1. The topological polar surface area (TPSA) is 75.9 Å². The lowest BCUT2D eigenvalue weighted by Crippen LogP contribution is -2.57. The van der Waals surface area contributed by atoms with E-state index >= 15 is 0 Å². The van der Waals surface area contributed by atoms with Gasteiger partial charge in [-0.1, -0.05) is 18.2 Å². The number of carbonyl (C=O) groups is 1. The number of benzene rings is 1. The van der Waals surface area contributed by atoms with E-state index in [-0.39, 0.29) is 34.9 Å². The summed E-state index contributed by atoms with van der Waals surface area (Å²) < 4.78 is 44.9. The normalized spacial score (nSPS) is 24.4. The number of nitrogens with one attached hydrogen (secondary N) is 1. The predicted molar refractivity (Wildman–Crippen MR) is 120 cm³/mol. The van der Waals surface area contributed by atoms with E-state index < -0.39 is 12.8 Å². The third-order valence-corrected chi connectivity index (χ3v) is 7.40. The molecule has 0 spiro atoms. The monoisotopic (exact) mass is 473 g/mol. The third kappa shape index (κ3) is 4.24. The van der Waals surface area contributed by atoms with Gasteiger partial charge >= 0.3 is 6.18 Å². The number of ether oxygens (including phenoxy) is 1. The number of imidazole rings is 1. The van der Waals surface area contributed by atoms with Gasteiger partial charge < -0.3 is 19.6 Å². The molecule has 0 saturated heterocycles. The van der Waals surface area contributed by atoms with Gasteiger partial charge in [0.05, 0.1) is 0 Å². The Hall–Kier alpha value is -3.07. The van der Waals surface area contributed by atoms with Crippen molar-refractivity contribution in [1.82, 2.24) is 14.7 Å². The van der Waals surface area contributed by atoms with E-state index in [4.69, 9.17) is 4.74 Å². The molecule has 9 heteroatoms. The largest absolute Gasteiger partial charge is 0.483 e. The number of nitrogens with zero attached hydrogens (tertiary/aromatic N) is 2. The molecule has 2 N–H and O–H groups in total. The highest BCUT2D eigenvalue weighted by atomic mass is 19.4. The van der Waals surface area contributed by atoms with Crippen LogP contribution in [0.15, 0.2) is 48.8 Å². The van der Waals surface area contributed by atoms with Crippen LogP contribution in [0.2, 0.25) is 0 Å². The molecular formula is C25H26F3N3O3. The first-order valence-electron chi connectivity index (χ1n) is 11.4. The van der Waals surface area contributed by atoms with Gasteiger partial charge in [-0.05, 0) is 62.1 Å². The summed E-state index contributed by atoms with van der Waals surface area (Å²) in [6.45, 7) is -1.20. The van der Waals surface area contributed by atoms with E-state index in [1.807, 2.05) is 0 Å². The van der Waals surface area contributed by atoms with Gasteiger partial charge in [0.25, 0.3) is 5.91 Å². The van der Waals surface area contributed by atoms with E-state index in [9.17, 15) is 23.1 Å². The molecule has 3 aliphatic carbocycles. The lowest BCUT2D eigenvalue weighted by Gasteiger charge is -2.53. The van der Waals surface area contributed by atoms with Crippen molar-refractivity contribution in [3.63, 3.8) is 0 Å². The average Bonchev–Trinajstić information content (AvgIpc) is 3.28. The zero-order valence-electron chi connectivity index (χ0n) is 18.6. The Kier molecular flexibility index (Phi) is 5.55. The molecule has 1 amide bonds. The molecule has 3 fully saturated rings. The fourth-order valence-corrected chi connectivity index (χ4v) is 5.30. The van der Waals surface area contributed by atoms with Crippen molar-refractivity contribution < 1.29 is 27.8 Å². The summed E-state index contributed by atoms with van der Waals surface area (Å²) >= 11 is 0. The number of hydrogen-bond donors (Lipinski definition) is 2. The number of alkyl halides is 3. The summed E-state index contributed by atoms with van der Waals surface area (Å²) in [4.78, 5) is 17.7. The summed E-state index contributed by atoms with van der Waals surface area (Å²) in [5, 5.41) is 12.9. The van der Waals surface area contributed by atoms with Crippen molar-refractivity contribution in [1.29, 1.82) is 0 Å². The van der Waals surface area contributed by atoms with Crippen LogP contribution < -0.4 is 10.1 Å². The number of hydrogen-bond acceptors (Lipinski definition) is 4. The molecule has 2 heterocycles. The highest BCUT2D eigenvalue weighted by Crippen LogP contribution is 2.52. The van der Waals surface area contributed by atoms with Crippen LogP contribution in [-0.4, -0.2) is 45.3 Å². The zero-order chi connectivity index (χ0) is 24.0. The Morgan fingerprint density at radius 1 is 1.06 bits per heavy atom. The maximum Gasteiger partial charge on any atom is 0.422 e. The average molecular weight is 473 g/mol. The van der Waals surface area contributed by atoms with Crippen molar-refractivity contribution in [3.05, 3.63) is 54.5 Å². The first kappa shape index (κ1) is 22.7. The highest BCUT2D eigenvalue weighted by molar-refractivity contribution is 5.94. The van der Waals surface area contributed by atoms with Crippen LogP contribution in [0.1, 0.15) is 49.0 Å². The molecule has 0 aliphatic heterocycles. The quantitative estimate of drug-likeness (QED) is 0.542. The molecule has 2 bridgehead atoms. The van der Waals surface area contributed by atoms with E-state index in [1.165, 1.54) is 6.07 Å². The van der Waals surface area contributed by atoms with Crippen molar-refractivity contribution in [3.8, 4) is 16.9 Å². The van der Waals surface area contributed by atoms with Crippen LogP contribution in [-0.2, 0) is 0 Å². The number of para-hydroxylation sites is 1. The van der Waals surface area contributed by atoms with Gasteiger partial charge in [0.2, 0.25) is 0 Å². The van der Waals surface area contributed by atoms with Gasteiger partial charge in [-0.2, -0.15) is 13.2 Å². The predicted octanol–water partition coefficient (Wildman–Crippen LogP) is 4.76. The standard InChI is InChI=1S/C25H26F3N3O3/c26-25(27,28)16-34-20-6-2-1-4-17(20)18-5-3-13-31-14-19(29-21(18)31)22(33)30-24-10-7-23(15-32,8-11-24)9-12-24/h1-6,13-14,32H,7-12,15-16H2,(H,30,33). The number of rotatable bonds is 6. The molecule has 2 aromatic heterocycles. The first-order valence-corrected chi connectivity index (χ1v) is 11.4. The van der Waals surface area contributed by atoms with Gasteiger partial charge in [0, 0.05) is 35.7 Å². The summed E-state index contributed by atoms with van der Waals surface area (Å²) in [5.41, 5.74) is 1.48. The van der Waals surface area contributed by atoms with E-state index in [0.29, 0.717) is 16.8 Å². The third-order valence-electron chi connectivity index (χ3n) is 7.40. The molecular weight excluding hydrogens is 447 g/mol. The van der Waals surface area contributed by atoms with Crippen LogP contribution in [0.5, 0.6) is 5.75 Å². The Morgan fingerprint density at radius 2 is 1.74 bits per heavy atom. The number of aromatic nitrogens is 2. The number of fused-ring (bicyclic) bond motifs is 4. The van der Waals surface area contributed by atoms with Crippen LogP contribution >= 0.6 is 0 Å².